The van der Waals surface area contributed by atoms with Gasteiger partial charge in [0, 0.05) is 6.04 Å². The Morgan fingerprint density at radius 3 is 2.85 bits per heavy atom. The van der Waals surface area contributed by atoms with E-state index in [-0.39, 0.29) is 19.0 Å². The van der Waals surface area contributed by atoms with E-state index in [4.69, 9.17) is 9.84 Å². The predicted octanol–water partition coefficient (Wildman–Crippen LogP) is 0.604. The van der Waals surface area contributed by atoms with Crippen LogP contribution < -0.4 is 0 Å². The second-order valence-electron chi connectivity index (χ2n) is 3.19. The zero-order valence-electron chi connectivity index (χ0n) is 7.73. The van der Waals surface area contributed by atoms with Gasteiger partial charge in [0.2, 0.25) is 0 Å². The highest BCUT2D eigenvalue weighted by atomic mass is 35.5. The van der Waals surface area contributed by atoms with Crippen LogP contribution in [0.15, 0.2) is 0 Å². The standard InChI is InChI=1S/C8H15NO3.ClH/c1-9-4-2-3-7(9)5-12-6-8(10)11;/h7H,2-6H2,1H3,(H,10,11);1H. The van der Waals surface area contributed by atoms with Gasteiger partial charge in [0.1, 0.15) is 6.61 Å². The summed E-state index contributed by atoms with van der Waals surface area (Å²) in [6, 6.07) is 0.421. The van der Waals surface area contributed by atoms with E-state index >= 15 is 0 Å². The molecule has 1 saturated heterocycles. The first-order valence-electron chi connectivity index (χ1n) is 4.20. The van der Waals surface area contributed by atoms with Crippen molar-refractivity contribution in [3.63, 3.8) is 0 Å². The predicted molar refractivity (Wildman–Crippen MR) is 51.4 cm³/mol. The number of likely N-dealkylation sites (tertiary alicyclic amines) is 1. The van der Waals surface area contributed by atoms with Gasteiger partial charge in [-0.3, -0.25) is 0 Å². The van der Waals surface area contributed by atoms with Crippen LogP contribution in [0, 0.1) is 0 Å². The molecule has 1 aliphatic rings. The number of ether oxygens (including phenoxy) is 1. The van der Waals surface area contributed by atoms with Gasteiger partial charge >= 0.3 is 5.97 Å². The molecule has 4 nitrogen and oxygen atoms in total. The number of aliphatic carboxylic acids is 1. The molecule has 1 fully saturated rings. The van der Waals surface area contributed by atoms with Gasteiger partial charge in [-0.25, -0.2) is 4.79 Å². The van der Waals surface area contributed by atoms with E-state index in [0.717, 1.165) is 13.0 Å². The van der Waals surface area contributed by atoms with Gasteiger partial charge in [-0.1, -0.05) is 0 Å². The van der Waals surface area contributed by atoms with Gasteiger partial charge in [0.05, 0.1) is 6.61 Å². The van der Waals surface area contributed by atoms with E-state index < -0.39 is 5.97 Å². The molecule has 1 unspecified atom stereocenters. The Balaban J connectivity index is 0.00000144. The fraction of sp³-hybridized carbons (Fsp3) is 0.875. The molecule has 1 aliphatic heterocycles. The number of carboxylic acids is 1. The summed E-state index contributed by atoms with van der Waals surface area (Å²) in [4.78, 5) is 12.3. The highest BCUT2D eigenvalue weighted by Gasteiger charge is 2.20. The third kappa shape index (κ3) is 4.45. The Morgan fingerprint density at radius 1 is 1.69 bits per heavy atom. The van der Waals surface area contributed by atoms with Crippen LogP contribution in [0.25, 0.3) is 0 Å². The minimum atomic E-state index is -0.893. The first-order valence-corrected chi connectivity index (χ1v) is 4.20. The SMILES string of the molecule is CN1CCCC1COCC(=O)O.Cl. The molecule has 1 N–H and O–H groups in total. The average molecular weight is 210 g/mol. The van der Waals surface area contributed by atoms with Gasteiger partial charge in [-0.05, 0) is 26.4 Å². The molecular weight excluding hydrogens is 194 g/mol. The molecule has 13 heavy (non-hydrogen) atoms. The summed E-state index contributed by atoms with van der Waals surface area (Å²) in [7, 11) is 2.04. The van der Waals surface area contributed by atoms with Crippen LogP contribution in [0.1, 0.15) is 12.8 Å². The van der Waals surface area contributed by atoms with E-state index in [9.17, 15) is 4.79 Å². The van der Waals surface area contributed by atoms with Gasteiger partial charge < -0.3 is 14.7 Å². The number of carboxylic acid groups (broad SMARTS) is 1. The molecule has 0 amide bonds. The molecule has 0 saturated carbocycles. The maximum atomic E-state index is 10.1. The number of carbonyl (C=O) groups is 1. The molecular formula is C8H16ClNO3. The van der Waals surface area contributed by atoms with Crippen molar-refractivity contribution in [2.45, 2.75) is 18.9 Å². The van der Waals surface area contributed by atoms with Crippen molar-refractivity contribution in [3.05, 3.63) is 0 Å². The number of hydrogen-bond acceptors (Lipinski definition) is 3. The van der Waals surface area contributed by atoms with E-state index in [2.05, 4.69) is 4.90 Å². The molecule has 0 radical (unpaired) electrons. The molecule has 1 atom stereocenters. The molecule has 0 aromatic heterocycles. The lowest BCUT2D eigenvalue weighted by Gasteiger charge is -2.18. The third-order valence-corrected chi connectivity index (χ3v) is 2.21. The van der Waals surface area contributed by atoms with Crippen molar-refractivity contribution in [1.82, 2.24) is 4.90 Å². The maximum absolute atomic E-state index is 10.1. The molecule has 0 aromatic carbocycles. The second kappa shape index (κ2) is 6.18. The summed E-state index contributed by atoms with van der Waals surface area (Å²) in [6.07, 6.45) is 2.31. The Labute approximate surface area is 84.3 Å². The molecule has 0 bridgehead atoms. The lowest BCUT2D eigenvalue weighted by molar-refractivity contribution is -0.142. The quantitative estimate of drug-likeness (QED) is 0.737. The van der Waals surface area contributed by atoms with Crippen LogP contribution in [0.4, 0.5) is 0 Å². The Kier molecular flexibility index (Phi) is 6.03. The minimum absolute atomic E-state index is 0. The normalized spacial score (nSPS) is 22.7. The maximum Gasteiger partial charge on any atom is 0.329 e. The van der Waals surface area contributed by atoms with Gasteiger partial charge in [0.25, 0.3) is 0 Å². The van der Waals surface area contributed by atoms with Crippen molar-refractivity contribution >= 4 is 18.4 Å². The van der Waals surface area contributed by atoms with Gasteiger partial charge in [-0.2, -0.15) is 0 Å². The number of hydrogen-bond donors (Lipinski definition) is 1. The topological polar surface area (TPSA) is 49.8 Å². The van der Waals surface area contributed by atoms with Crippen molar-refractivity contribution in [1.29, 1.82) is 0 Å². The summed E-state index contributed by atoms with van der Waals surface area (Å²) >= 11 is 0. The van der Waals surface area contributed by atoms with E-state index in [0.29, 0.717) is 12.6 Å². The van der Waals surface area contributed by atoms with Gasteiger partial charge in [0.15, 0.2) is 0 Å². The second-order valence-corrected chi connectivity index (χ2v) is 3.19. The number of halogens is 1. The van der Waals surface area contributed by atoms with Crippen molar-refractivity contribution in [2.75, 3.05) is 26.8 Å². The van der Waals surface area contributed by atoms with E-state index in [1.807, 2.05) is 7.05 Å². The van der Waals surface area contributed by atoms with Crippen LogP contribution in [0.2, 0.25) is 0 Å². The highest BCUT2D eigenvalue weighted by molar-refractivity contribution is 5.85. The zero-order chi connectivity index (χ0) is 8.97. The molecule has 78 valence electrons. The Bertz CT molecular complexity index is 165. The van der Waals surface area contributed by atoms with Crippen molar-refractivity contribution in [2.24, 2.45) is 0 Å². The van der Waals surface area contributed by atoms with E-state index in [1.54, 1.807) is 0 Å². The van der Waals surface area contributed by atoms with E-state index in [1.165, 1.54) is 6.42 Å². The fourth-order valence-electron chi connectivity index (χ4n) is 1.47. The Morgan fingerprint density at radius 2 is 2.38 bits per heavy atom. The molecule has 0 aromatic rings. The largest absolute Gasteiger partial charge is 0.480 e. The highest BCUT2D eigenvalue weighted by Crippen LogP contribution is 2.14. The lowest BCUT2D eigenvalue weighted by atomic mass is 10.2. The molecule has 1 heterocycles. The molecule has 0 aliphatic carbocycles. The number of rotatable bonds is 4. The first kappa shape index (κ1) is 12.7. The van der Waals surface area contributed by atoms with Crippen LogP contribution in [-0.2, 0) is 9.53 Å². The van der Waals surface area contributed by atoms with Crippen LogP contribution in [0.5, 0.6) is 0 Å². The van der Waals surface area contributed by atoms with Crippen LogP contribution in [0.3, 0.4) is 0 Å². The molecule has 0 spiro atoms. The summed E-state index contributed by atoms with van der Waals surface area (Å²) in [5.41, 5.74) is 0. The fourth-order valence-corrected chi connectivity index (χ4v) is 1.47. The summed E-state index contributed by atoms with van der Waals surface area (Å²) < 4.78 is 5.01. The van der Waals surface area contributed by atoms with Crippen LogP contribution >= 0.6 is 12.4 Å². The summed E-state index contributed by atoms with van der Waals surface area (Å²) in [6.45, 7) is 1.47. The number of likely N-dealkylation sites (N-methyl/N-ethyl adjacent to an activating group) is 1. The minimum Gasteiger partial charge on any atom is -0.480 e. The van der Waals surface area contributed by atoms with Crippen molar-refractivity contribution in [3.8, 4) is 0 Å². The third-order valence-electron chi connectivity index (χ3n) is 2.21. The van der Waals surface area contributed by atoms with Crippen LogP contribution in [-0.4, -0.2) is 48.8 Å². The first-order chi connectivity index (χ1) is 5.70. The zero-order valence-corrected chi connectivity index (χ0v) is 8.55. The van der Waals surface area contributed by atoms with Gasteiger partial charge in [-0.15, -0.1) is 12.4 Å². The smallest absolute Gasteiger partial charge is 0.329 e. The monoisotopic (exact) mass is 209 g/mol. The molecule has 1 rings (SSSR count). The Hall–Kier alpha value is -0.320. The lowest BCUT2D eigenvalue weighted by Crippen LogP contribution is -2.30. The average Bonchev–Trinajstić information content (AvgIpc) is 2.36. The number of nitrogens with zero attached hydrogens (tertiary/aromatic N) is 1. The summed E-state index contributed by atoms with van der Waals surface area (Å²) in [5.74, 6) is -0.893. The summed E-state index contributed by atoms with van der Waals surface area (Å²) in [5, 5.41) is 8.31. The molecule has 5 heteroatoms. The van der Waals surface area contributed by atoms with Crippen molar-refractivity contribution < 1.29 is 14.6 Å².